The second-order valence-corrected chi connectivity index (χ2v) is 9.39. The molecule has 0 bridgehead atoms. The van der Waals surface area contributed by atoms with Crippen molar-refractivity contribution in [1.29, 1.82) is 0 Å². The Morgan fingerprint density at radius 1 is 1.16 bits per heavy atom. The Kier molecular flexibility index (Phi) is 7.16. The number of piperidine rings is 1. The Morgan fingerprint density at radius 2 is 1.88 bits per heavy atom. The fourth-order valence-electron chi connectivity index (χ4n) is 5.72. The summed E-state index contributed by atoms with van der Waals surface area (Å²) in [6.45, 7) is 7.42. The lowest BCUT2D eigenvalue weighted by atomic mass is 9.86. The molecule has 0 atom stereocenters. The third-order valence-corrected chi connectivity index (χ3v) is 7.41. The second-order valence-electron chi connectivity index (χ2n) is 9.39. The van der Waals surface area contributed by atoms with Crippen molar-refractivity contribution in [2.75, 3.05) is 19.7 Å². The maximum absolute atomic E-state index is 11.1. The molecule has 1 aliphatic carbocycles. The summed E-state index contributed by atoms with van der Waals surface area (Å²) in [5, 5.41) is 1.10. The van der Waals surface area contributed by atoms with E-state index in [4.69, 9.17) is 21.2 Å². The monoisotopic (exact) mass is 439 g/mol. The molecular weight excluding hydrogens is 402 g/mol. The van der Waals surface area contributed by atoms with Crippen molar-refractivity contribution in [1.82, 2.24) is 14.5 Å². The summed E-state index contributed by atoms with van der Waals surface area (Å²) in [6.07, 6.45) is 8.97. The highest BCUT2D eigenvalue weighted by Crippen LogP contribution is 2.36. The van der Waals surface area contributed by atoms with Crippen LogP contribution in [0.15, 0.2) is 29.5 Å². The largest absolute Gasteiger partial charge is 0.449 e. The maximum Gasteiger partial charge on any atom is 0.404 e. The molecule has 2 aromatic rings. The van der Waals surface area contributed by atoms with Crippen LogP contribution in [0, 0.1) is 0 Å². The zero-order valence-electron chi connectivity index (χ0n) is 19.5. The molecule has 0 aromatic carbocycles. The van der Waals surface area contributed by atoms with Gasteiger partial charge >= 0.3 is 6.09 Å². The molecule has 0 radical (unpaired) electrons. The molecule has 1 amide bonds. The summed E-state index contributed by atoms with van der Waals surface area (Å²) in [5.74, 6) is 0. The number of hydrogen-bond acceptors (Lipinski definition) is 5. The van der Waals surface area contributed by atoms with E-state index in [-0.39, 0.29) is 6.61 Å². The number of primary amides is 1. The molecule has 0 spiro atoms. The molecule has 7 heteroatoms. The smallest absolute Gasteiger partial charge is 0.404 e. The predicted molar refractivity (Wildman–Crippen MR) is 127 cm³/mol. The van der Waals surface area contributed by atoms with Gasteiger partial charge in [-0.25, -0.2) is 9.78 Å². The van der Waals surface area contributed by atoms with Gasteiger partial charge < -0.3 is 25.7 Å². The first-order chi connectivity index (χ1) is 15.5. The van der Waals surface area contributed by atoms with E-state index in [1.54, 1.807) is 5.57 Å². The van der Waals surface area contributed by atoms with Crippen molar-refractivity contribution in [2.45, 2.75) is 77.4 Å². The molecule has 1 aliphatic heterocycles. The van der Waals surface area contributed by atoms with Gasteiger partial charge in [0.05, 0.1) is 6.61 Å². The Hall–Kier alpha value is -2.38. The van der Waals surface area contributed by atoms with Gasteiger partial charge in [-0.1, -0.05) is 11.1 Å². The van der Waals surface area contributed by atoms with Crippen LogP contribution in [0.3, 0.4) is 0 Å². The summed E-state index contributed by atoms with van der Waals surface area (Å²) in [6, 6.07) is 5.14. The van der Waals surface area contributed by atoms with Crippen molar-refractivity contribution < 1.29 is 9.53 Å². The quantitative estimate of drug-likeness (QED) is 0.662. The molecular formula is C25H37N5O2. The Labute approximate surface area is 190 Å². The van der Waals surface area contributed by atoms with Gasteiger partial charge in [-0.2, -0.15) is 0 Å². The lowest BCUT2D eigenvalue weighted by Crippen LogP contribution is -2.43. The molecule has 2 fully saturated rings. The molecule has 32 heavy (non-hydrogen) atoms. The number of rotatable bonds is 6. The van der Waals surface area contributed by atoms with Gasteiger partial charge in [0.1, 0.15) is 5.65 Å². The average Bonchev–Trinajstić information content (AvgIpc) is 3.12. The van der Waals surface area contributed by atoms with Gasteiger partial charge in [0.15, 0.2) is 0 Å². The highest BCUT2D eigenvalue weighted by atomic mass is 16.5. The number of amides is 1. The lowest BCUT2D eigenvalue weighted by Gasteiger charge is -2.40. The number of hydrogen-bond donors (Lipinski definition) is 2. The van der Waals surface area contributed by atoms with Crippen molar-refractivity contribution in [3.05, 3.63) is 40.7 Å². The third kappa shape index (κ3) is 4.69. The van der Waals surface area contributed by atoms with Crippen molar-refractivity contribution in [3.63, 3.8) is 0 Å². The molecule has 4 N–H and O–H groups in total. The van der Waals surface area contributed by atoms with E-state index >= 15 is 0 Å². The number of carbonyl (C=O) groups is 1. The number of ether oxygens (including phenoxy) is 1. The first-order valence-electron chi connectivity index (χ1n) is 12.0. The lowest BCUT2D eigenvalue weighted by molar-refractivity contribution is 0.116. The summed E-state index contributed by atoms with van der Waals surface area (Å²) in [5.41, 5.74) is 17.7. The number of likely N-dealkylation sites (tertiary alicyclic amines) is 1. The van der Waals surface area contributed by atoms with Gasteiger partial charge in [-0.3, -0.25) is 0 Å². The zero-order chi connectivity index (χ0) is 22.7. The van der Waals surface area contributed by atoms with E-state index in [1.165, 1.54) is 31.3 Å². The van der Waals surface area contributed by atoms with Crippen LogP contribution in [-0.2, 0) is 17.7 Å². The number of fused-ring (bicyclic) bond motifs is 1. The number of carbonyl (C=O) groups excluding carboxylic acids is 1. The van der Waals surface area contributed by atoms with E-state index in [1.807, 2.05) is 12.3 Å². The van der Waals surface area contributed by atoms with Gasteiger partial charge in [0.2, 0.25) is 0 Å². The second kappa shape index (κ2) is 10.0. The van der Waals surface area contributed by atoms with Crippen molar-refractivity contribution in [3.8, 4) is 0 Å². The standard InChI is InChI=1S/C25H37N5O2/c1-17(2)18-5-7-19(8-6-18)29-13-9-20(10-14-29)30-23(11-15-32-25(27)31)22(16-26)21-4-3-12-28-24(21)30/h3-4,12,19-20H,5-11,13-16,26H2,1-2H3,(H2,27,31). The van der Waals surface area contributed by atoms with E-state index in [2.05, 4.69) is 29.4 Å². The number of nitrogens with two attached hydrogens (primary N) is 2. The normalized spacial score (nSPS) is 20.6. The van der Waals surface area contributed by atoms with Crippen molar-refractivity contribution in [2.24, 2.45) is 11.5 Å². The van der Waals surface area contributed by atoms with E-state index in [0.29, 0.717) is 25.0 Å². The minimum absolute atomic E-state index is 0.256. The van der Waals surface area contributed by atoms with Crippen LogP contribution in [0.4, 0.5) is 4.79 Å². The SMILES string of the molecule is CC(C)=C1CCC(N2CCC(n3c(CCOC(N)=O)c(CN)c4cccnc43)CC2)CC1. The van der Waals surface area contributed by atoms with Crippen molar-refractivity contribution >= 4 is 17.1 Å². The number of pyridine rings is 1. The number of allylic oxidation sites excluding steroid dienone is 2. The van der Waals surface area contributed by atoms with Crippen LogP contribution in [0.1, 0.15) is 69.7 Å². The number of nitrogens with zero attached hydrogens (tertiary/aromatic N) is 3. The molecule has 4 rings (SSSR count). The average molecular weight is 440 g/mol. The van der Waals surface area contributed by atoms with Crippen LogP contribution < -0.4 is 11.5 Å². The van der Waals surface area contributed by atoms with Crippen LogP contribution in [0.5, 0.6) is 0 Å². The predicted octanol–water partition coefficient (Wildman–Crippen LogP) is 4.05. The fraction of sp³-hybridized carbons (Fsp3) is 0.600. The summed E-state index contributed by atoms with van der Waals surface area (Å²) >= 11 is 0. The Balaban J connectivity index is 1.51. The summed E-state index contributed by atoms with van der Waals surface area (Å²) < 4.78 is 7.43. The first-order valence-corrected chi connectivity index (χ1v) is 12.0. The zero-order valence-corrected chi connectivity index (χ0v) is 19.5. The highest BCUT2D eigenvalue weighted by molar-refractivity contribution is 5.82. The van der Waals surface area contributed by atoms with Crippen LogP contribution >= 0.6 is 0 Å². The van der Waals surface area contributed by atoms with Gasteiger partial charge in [-0.05, 0) is 70.1 Å². The molecule has 0 unspecified atom stereocenters. The molecule has 3 heterocycles. The highest BCUT2D eigenvalue weighted by Gasteiger charge is 2.30. The summed E-state index contributed by atoms with van der Waals surface area (Å²) in [7, 11) is 0. The third-order valence-electron chi connectivity index (χ3n) is 7.41. The summed E-state index contributed by atoms with van der Waals surface area (Å²) in [4.78, 5) is 18.5. The van der Waals surface area contributed by atoms with Gasteiger partial charge in [0.25, 0.3) is 0 Å². The molecule has 174 valence electrons. The minimum atomic E-state index is -0.739. The number of aromatic nitrogens is 2. The van der Waals surface area contributed by atoms with Gasteiger partial charge in [0, 0.05) is 55.4 Å². The maximum atomic E-state index is 11.1. The molecule has 7 nitrogen and oxygen atoms in total. The molecule has 1 saturated heterocycles. The van der Waals surface area contributed by atoms with Gasteiger partial charge in [-0.15, -0.1) is 0 Å². The first kappa shape index (κ1) is 22.8. The minimum Gasteiger partial charge on any atom is -0.449 e. The Morgan fingerprint density at radius 3 is 2.50 bits per heavy atom. The van der Waals surface area contributed by atoms with E-state index < -0.39 is 6.09 Å². The van der Waals surface area contributed by atoms with Crippen LogP contribution in [0.25, 0.3) is 11.0 Å². The Bertz CT molecular complexity index is 974. The van der Waals surface area contributed by atoms with E-state index in [0.717, 1.165) is 48.2 Å². The fourth-order valence-corrected chi connectivity index (χ4v) is 5.72. The van der Waals surface area contributed by atoms with E-state index in [9.17, 15) is 4.79 Å². The van der Waals surface area contributed by atoms with Crippen LogP contribution in [0.2, 0.25) is 0 Å². The molecule has 1 saturated carbocycles. The molecule has 2 aromatic heterocycles. The molecule has 2 aliphatic rings. The van der Waals surface area contributed by atoms with Crippen LogP contribution in [-0.4, -0.2) is 46.3 Å². The topological polar surface area (TPSA) is 99.4 Å².